The Morgan fingerprint density at radius 3 is 3.05 bits per heavy atom. The highest BCUT2D eigenvalue weighted by molar-refractivity contribution is 6.08. The van der Waals surface area contributed by atoms with Crippen molar-refractivity contribution in [2.75, 3.05) is 5.32 Å². The number of amides is 1. The van der Waals surface area contributed by atoms with E-state index in [1.807, 2.05) is 36.5 Å². The first-order valence-electron chi connectivity index (χ1n) is 6.01. The number of carbonyl (C=O) groups is 1. The van der Waals surface area contributed by atoms with Crippen molar-refractivity contribution < 1.29 is 4.79 Å². The van der Waals surface area contributed by atoms with Crippen LogP contribution in [0.15, 0.2) is 48.8 Å². The second-order valence-corrected chi connectivity index (χ2v) is 4.24. The fourth-order valence-corrected chi connectivity index (χ4v) is 2.02. The molecule has 0 spiro atoms. The van der Waals surface area contributed by atoms with Crippen molar-refractivity contribution in [2.45, 2.75) is 0 Å². The Hall–Kier alpha value is -3.13. The summed E-state index contributed by atoms with van der Waals surface area (Å²) in [6.45, 7) is 0. The van der Waals surface area contributed by atoms with Crippen LogP contribution in [0.1, 0.15) is 16.1 Å². The van der Waals surface area contributed by atoms with Crippen molar-refractivity contribution >= 4 is 22.5 Å². The van der Waals surface area contributed by atoms with E-state index in [9.17, 15) is 4.79 Å². The van der Waals surface area contributed by atoms with Gasteiger partial charge in [0, 0.05) is 28.9 Å². The molecule has 1 aromatic carbocycles. The van der Waals surface area contributed by atoms with E-state index < -0.39 is 0 Å². The summed E-state index contributed by atoms with van der Waals surface area (Å²) in [6.07, 6.45) is 3.27. The van der Waals surface area contributed by atoms with Gasteiger partial charge in [-0.1, -0.05) is 6.07 Å². The molecule has 1 amide bonds. The van der Waals surface area contributed by atoms with Crippen molar-refractivity contribution in [2.24, 2.45) is 0 Å². The first-order chi connectivity index (χ1) is 9.78. The molecular weight excluding hydrogens is 252 g/mol. The maximum Gasteiger partial charge on any atom is 0.255 e. The smallest absolute Gasteiger partial charge is 0.255 e. The zero-order chi connectivity index (χ0) is 13.9. The third-order valence-corrected chi connectivity index (χ3v) is 2.98. The second-order valence-electron chi connectivity index (χ2n) is 4.24. The molecule has 2 aromatic heterocycles. The summed E-state index contributed by atoms with van der Waals surface area (Å²) in [5.74, 6) is -0.266. The van der Waals surface area contributed by atoms with Gasteiger partial charge in [-0.15, -0.1) is 0 Å². The van der Waals surface area contributed by atoms with E-state index in [0.29, 0.717) is 5.56 Å². The number of nitrogens with zero attached hydrogens (tertiary/aromatic N) is 2. The SMILES string of the molecule is N#Cc1cc(C(=O)Nc2cccc3[nH]ccc23)ccn1. The fourth-order valence-electron chi connectivity index (χ4n) is 2.02. The van der Waals surface area contributed by atoms with Gasteiger partial charge in [-0.2, -0.15) is 5.26 Å². The summed E-state index contributed by atoms with van der Waals surface area (Å²) in [5, 5.41) is 12.6. The maximum absolute atomic E-state index is 12.2. The van der Waals surface area contributed by atoms with Gasteiger partial charge >= 0.3 is 0 Å². The monoisotopic (exact) mass is 262 g/mol. The Balaban J connectivity index is 1.93. The molecule has 0 atom stereocenters. The van der Waals surface area contributed by atoms with Crippen LogP contribution in [0.5, 0.6) is 0 Å². The molecule has 3 aromatic rings. The molecule has 0 fully saturated rings. The molecule has 0 aliphatic carbocycles. The first kappa shape index (κ1) is 11.9. The second kappa shape index (κ2) is 4.86. The van der Waals surface area contributed by atoms with E-state index in [4.69, 9.17) is 5.26 Å². The molecule has 0 unspecified atom stereocenters. The minimum Gasteiger partial charge on any atom is -0.361 e. The molecule has 5 heteroatoms. The largest absolute Gasteiger partial charge is 0.361 e. The van der Waals surface area contributed by atoms with Crippen LogP contribution in [0, 0.1) is 11.3 Å². The van der Waals surface area contributed by atoms with Gasteiger partial charge in [-0.25, -0.2) is 4.98 Å². The number of aromatic nitrogens is 2. The van der Waals surface area contributed by atoms with Crippen LogP contribution < -0.4 is 5.32 Å². The quantitative estimate of drug-likeness (QED) is 0.745. The highest BCUT2D eigenvalue weighted by Crippen LogP contribution is 2.22. The number of H-pyrrole nitrogens is 1. The number of rotatable bonds is 2. The van der Waals surface area contributed by atoms with Gasteiger partial charge in [0.25, 0.3) is 5.91 Å². The number of hydrogen-bond donors (Lipinski definition) is 2. The van der Waals surface area contributed by atoms with Gasteiger partial charge < -0.3 is 10.3 Å². The minimum atomic E-state index is -0.266. The Morgan fingerprint density at radius 2 is 2.20 bits per heavy atom. The summed E-state index contributed by atoms with van der Waals surface area (Å²) < 4.78 is 0. The Kier molecular flexibility index (Phi) is 2.90. The summed E-state index contributed by atoms with van der Waals surface area (Å²) in [4.78, 5) is 19.1. The van der Waals surface area contributed by atoms with Crippen LogP contribution in [0.4, 0.5) is 5.69 Å². The molecule has 5 nitrogen and oxygen atoms in total. The number of pyridine rings is 1. The van der Waals surface area contributed by atoms with Gasteiger partial charge in [-0.3, -0.25) is 4.79 Å². The van der Waals surface area contributed by atoms with Crippen molar-refractivity contribution in [3.05, 3.63) is 60.0 Å². The number of hydrogen-bond acceptors (Lipinski definition) is 3. The molecule has 0 aliphatic rings. The van der Waals surface area contributed by atoms with E-state index in [2.05, 4.69) is 15.3 Å². The van der Waals surface area contributed by atoms with E-state index >= 15 is 0 Å². The summed E-state index contributed by atoms with van der Waals surface area (Å²) in [5.41, 5.74) is 2.31. The van der Waals surface area contributed by atoms with Crippen LogP contribution in [-0.2, 0) is 0 Å². The van der Waals surface area contributed by atoms with Gasteiger partial charge in [-0.05, 0) is 30.3 Å². The third kappa shape index (κ3) is 2.10. The predicted molar refractivity (Wildman–Crippen MR) is 75.2 cm³/mol. The first-order valence-corrected chi connectivity index (χ1v) is 6.01. The molecule has 2 heterocycles. The molecule has 20 heavy (non-hydrogen) atoms. The number of benzene rings is 1. The zero-order valence-electron chi connectivity index (χ0n) is 10.4. The van der Waals surface area contributed by atoms with Gasteiger partial charge in [0.15, 0.2) is 0 Å². The van der Waals surface area contributed by atoms with Gasteiger partial charge in [0.05, 0.1) is 5.69 Å². The number of anilines is 1. The summed E-state index contributed by atoms with van der Waals surface area (Å²) >= 11 is 0. The van der Waals surface area contributed by atoms with E-state index in [1.165, 1.54) is 12.3 Å². The maximum atomic E-state index is 12.2. The molecule has 0 saturated heterocycles. The average molecular weight is 262 g/mol. The lowest BCUT2D eigenvalue weighted by molar-refractivity contribution is 0.102. The minimum absolute atomic E-state index is 0.220. The van der Waals surface area contributed by atoms with Crippen LogP contribution in [-0.4, -0.2) is 15.9 Å². The van der Waals surface area contributed by atoms with Crippen molar-refractivity contribution in [3.8, 4) is 6.07 Å². The Morgan fingerprint density at radius 1 is 1.30 bits per heavy atom. The zero-order valence-corrected chi connectivity index (χ0v) is 10.4. The predicted octanol–water partition coefficient (Wildman–Crippen LogP) is 2.69. The molecule has 96 valence electrons. The third-order valence-electron chi connectivity index (χ3n) is 2.98. The van der Waals surface area contributed by atoms with Crippen molar-refractivity contribution in [1.29, 1.82) is 5.26 Å². The molecule has 2 N–H and O–H groups in total. The summed E-state index contributed by atoms with van der Waals surface area (Å²) in [7, 11) is 0. The number of nitrogens with one attached hydrogen (secondary N) is 2. The molecule has 0 bridgehead atoms. The molecular formula is C15H10N4O. The van der Waals surface area contributed by atoms with Crippen LogP contribution in [0.25, 0.3) is 10.9 Å². The lowest BCUT2D eigenvalue weighted by Crippen LogP contribution is -2.12. The van der Waals surface area contributed by atoms with E-state index in [1.54, 1.807) is 6.07 Å². The standard InChI is InChI=1S/C15H10N4O/c16-9-11-8-10(4-6-17-11)15(20)19-14-3-1-2-13-12(14)5-7-18-13/h1-8,18H,(H,19,20). The normalized spacial score (nSPS) is 10.2. The Bertz CT molecular complexity index is 829. The topological polar surface area (TPSA) is 81.6 Å². The number of nitriles is 1. The lowest BCUT2D eigenvalue weighted by Gasteiger charge is -2.06. The highest BCUT2D eigenvalue weighted by Gasteiger charge is 2.09. The van der Waals surface area contributed by atoms with Crippen molar-refractivity contribution in [1.82, 2.24) is 9.97 Å². The van der Waals surface area contributed by atoms with Gasteiger partial charge in [0.2, 0.25) is 0 Å². The fraction of sp³-hybridized carbons (Fsp3) is 0. The Labute approximate surface area is 114 Å². The van der Waals surface area contributed by atoms with Gasteiger partial charge in [0.1, 0.15) is 11.8 Å². The molecule has 3 rings (SSSR count). The van der Waals surface area contributed by atoms with Crippen LogP contribution in [0.2, 0.25) is 0 Å². The van der Waals surface area contributed by atoms with Crippen LogP contribution >= 0.6 is 0 Å². The average Bonchev–Trinajstić information content (AvgIpc) is 2.97. The summed E-state index contributed by atoms with van der Waals surface area (Å²) in [6, 6.07) is 12.5. The molecule has 0 radical (unpaired) electrons. The van der Waals surface area contributed by atoms with Crippen LogP contribution in [0.3, 0.4) is 0 Å². The lowest BCUT2D eigenvalue weighted by atomic mass is 10.2. The van der Waals surface area contributed by atoms with E-state index in [0.717, 1.165) is 16.6 Å². The molecule has 0 aliphatic heterocycles. The number of fused-ring (bicyclic) bond motifs is 1. The number of aromatic amines is 1. The highest BCUT2D eigenvalue weighted by atomic mass is 16.1. The van der Waals surface area contributed by atoms with Crippen molar-refractivity contribution in [3.63, 3.8) is 0 Å². The molecule has 0 saturated carbocycles. The number of carbonyl (C=O) groups excluding carboxylic acids is 1. The van der Waals surface area contributed by atoms with E-state index in [-0.39, 0.29) is 11.6 Å².